The lowest BCUT2D eigenvalue weighted by molar-refractivity contribution is -0.332. The first-order chi connectivity index (χ1) is 22.2. The first-order valence-electron chi connectivity index (χ1n) is 17.5. The topological polar surface area (TPSA) is 205 Å². The number of hydrogen-bond acceptors (Lipinski definition) is 13. The van der Waals surface area contributed by atoms with Crippen molar-refractivity contribution in [2.75, 3.05) is 19.8 Å². The van der Waals surface area contributed by atoms with Crippen molar-refractivity contribution in [3.63, 3.8) is 0 Å². The second-order valence-electron chi connectivity index (χ2n) is 15.8. The molecule has 13 heteroatoms. The fourth-order valence-electron chi connectivity index (χ4n) is 11.2. The van der Waals surface area contributed by atoms with Crippen LogP contribution in [0.4, 0.5) is 0 Å². The smallest absolute Gasteiger partial charge is 0.331 e. The van der Waals surface area contributed by atoms with E-state index in [1.54, 1.807) is 13.0 Å². The molecule has 3 heterocycles. The Bertz CT molecular complexity index is 1220. The molecule has 13 nitrogen and oxygen atoms in total. The van der Waals surface area contributed by atoms with Gasteiger partial charge in [-0.1, -0.05) is 6.92 Å². The molecule has 3 aliphatic heterocycles. The van der Waals surface area contributed by atoms with E-state index < -0.39 is 71.2 Å². The summed E-state index contributed by atoms with van der Waals surface area (Å²) in [6.07, 6.45) is -2.10. The summed E-state index contributed by atoms with van der Waals surface area (Å²) in [5.74, 6) is -0.406. The average Bonchev–Trinajstić information content (AvgIpc) is 3.57. The van der Waals surface area contributed by atoms with E-state index in [1.165, 1.54) is 0 Å². The van der Waals surface area contributed by atoms with Crippen molar-refractivity contribution in [1.82, 2.24) is 0 Å². The van der Waals surface area contributed by atoms with E-state index in [2.05, 4.69) is 6.92 Å². The van der Waals surface area contributed by atoms with Crippen LogP contribution in [0.1, 0.15) is 78.1 Å². The minimum Gasteiger partial charge on any atom is -0.458 e. The predicted octanol–water partition coefficient (Wildman–Crippen LogP) is 0.0359. The first kappa shape index (κ1) is 34.2. The lowest BCUT2D eigenvalue weighted by atomic mass is 9.41. The van der Waals surface area contributed by atoms with Gasteiger partial charge in [0.2, 0.25) is 0 Å². The number of carbonyl (C=O) groups is 1. The van der Waals surface area contributed by atoms with Gasteiger partial charge in [-0.05, 0) is 81.6 Å². The molecule has 47 heavy (non-hydrogen) atoms. The van der Waals surface area contributed by atoms with Crippen molar-refractivity contribution in [3.8, 4) is 0 Å². The quantitative estimate of drug-likeness (QED) is 0.148. The van der Waals surface area contributed by atoms with Crippen molar-refractivity contribution in [3.05, 3.63) is 11.6 Å². The highest BCUT2D eigenvalue weighted by atomic mass is 16.7. The zero-order valence-electron chi connectivity index (χ0n) is 27.3. The Morgan fingerprint density at radius 1 is 0.936 bits per heavy atom. The molecule has 0 aromatic rings. The highest BCUT2D eigenvalue weighted by Crippen LogP contribution is 2.70. The van der Waals surface area contributed by atoms with E-state index in [0.29, 0.717) is 38.5 Å². The zero-order valence-corrected chi connectivity index (χ0v) is 27.3. The summed E-state index contributed by atoms with van der Waals surface area (Å²) >= 11 is 0. The lowest BCUT2D eigenvalue weighted by Gasteiger charge is -2.66. The van der Waals surface area contributed by atoms with Gasteiger partial charge in [0.15, 0.2) is 12.6 Å². The van der Waals surface area contributed by atoms with Crippen molar-refractivity contribution >= 4 is 5.97 Å². The van der Waals surface area contributed by atoms with E-state index in [0.717, 1.165) is 24.8 Å². The van der Waals surface area contributed by atoms with Gasteiger partial charge in [-0.15, -0.1) is 0 Å². The second-order valence-corrected chi connectivity index (χ2v) is 15.8. The number of fused-ring (bicyclic) bond motifs is 5. The molecule has 16 atom stereocenters. The van der Waals surface area contributed by atoms with Gasteiger partial charge < -0.3 is 59.4 Å². The van der Waals surface area contributed by atoms with Crippen LogP contribution in [0.5, 0.6) is 0 Å². The lowest BCUT2D eigenvalue weighted by Crippen LogP contribution is -2.69. The number of aliphatic hydroxyl groups is 7. The second kappa shape index (κ2) is 12.2. The molecule has 0 spiro atoms. The Balaban J connectivity index is 1.01. The Kier molecular flexibility index (Phi) is 8.90. The van der Waals surface area contributed by atoms with Crippen molar-refractivity contribution in [2.45, 2.75) is 145 Å². The van der Waals surface area contributed by atoms with E-state index in [1.807, 2.05) is 0 Å². The van der Waals surface area contributed by atoms with Crippen LogP contribution < -0.4 is 0 Å². The molecule has 0 radical (unpaired) electrons. The minimum atomic E-state index is -1.49. The normalized spacial score (nSPS) is 54.7. The molecular weight excluding hydrogens is 616 g/mol. The summed E-state index contributed by atoms with van der Waals surface area (Å²) in [5, 5.41) is 76.8. The summed E-state index contributed by atoms with van der Waals surface area (Å²) in [6.45, 7) is 3.74. The van der Waals surface area contributed by atoms with Gasteiger partial charge >= 0.3 is 5.97 Å². The molecule has 4 aliphatic carbocycles. The van der Waals surface area contributed by atoms with Crippen LogP contribution >= 0.6 is 0 Å². The van der Waals surface area contributed by atoms with Gasteiger partial charge in [-0.2, -0.15) is 0 Å². The number of ether oxygens (including phenoxy) is 5. The van der Waals surface area contributed by atoms with E-state index in [9.17, 15) is 40.5 Å². The number of rotatable bonds is 6. The number of aliphatic hydroxyl groups excluding tert-OH is 5. The van der Waals surface area contributed by atoms with Gasteiger partial charge in [0, 0.05) is 29.7 Å². The largest absolute Gasteiger partial charge is 0.458 e. The van der Waals surface area contributed by atoms with Crippen LogP contribution in [-0.2, 0) is 28.5 Å². The third kappa shape index (κ3) is 5.26. The monoisotopic (exact) mass is 668 g/mol. The molecule has 0 unspecified atom stereocenters. The Morgan fingerprint density at radius 3 is 2.40 bits per heavy atom. The van der Waals surface area contributed by atoms with Gasteiger partial charge in [0.25, 0.3) is 0 Å². The van der Waals surface area contributed by atoms with Gasteiger partial charge in [-0.25, -0.2) is 4.79 Å². The minimum absolute atomic E-state index is 0.0629. The molecule has 266 valence electrons. The molecule has 0 aromatic heterocycles. The van der Waals surface area contributed by atoms with Gasteiger partial charge in [0.05, 0.1) is 42.7 Å². The third-order valence-corrected chi connectivity index (χ3v) is 13.8. The molecule has 0 aromatic carbocycles. The molecule has 0 bridgehead atoms. The summed E-state index contributed by atoms with van der Waals surface area (Å²) in [5.41, 5.74) is -2.41. The van der Waals surface area contributed by atoms with E-state index in [4.69, 9.17) is 23.7 Å². The highest BCUT2D eigenvalue weighted by molar-refractivity contribution is 5.85. The number of hydrogen-bond donors (Lipinski definition) is 7. The van der Waals surface area contributed by atoms with Gasteiger partial charge in [-0.3, -0.25) is 0 Å². The molecule has 2 saturated heterocycles. The average molecular weight is 669 g/mol. The summed E-state index contributed by atoms with van der Waals surface area (Å²) in [6, 6.07) is 0. The Morgan fingerprint density at radius 2 is 1.70 bits per heavy atom. The van der Waals surface area contributed by atoms with Crippen molar-refractivity contribution in [1.29, 1.82) is 0 Å². The molecule has 7 rings (SSSR count). The fourth-order valence-corrected chi connectivity index (χ4v) is 11.2. The highest BCUT2D eigenvalue weighted by Gasteiger charge is 2.71. The van der Waals surface area contributed by atoms with Crippen LogP contribution in [0.2, 0.25) is 0 Å². The fraction of sp³-hybridized carbons (Fsp3) is 0.912. The Hall–Kier alpha value is -1.23. The first-order valence-corrected chi connectivity index (χ1v) is 17.5. The van der Waals surface area contributed by atoms with Crippen LogP contribution in [0.25, 0.3) is 0 Å². The molecule has 7 aliphatic rings. The standard InChI is InChI=1S/C34H52O13/c1-17-29(47-30-28(40)27(39)24(37)15-44-30)23(36)12-26(45-17)46-19-3-8-32(16-35)21-4-7-31(2)20(18-11-25(38)43-14-18)6-10-34(31,42)22(21)5-9-33(32,41)13-19/h11,17,19-24,26-30,35-37,39-42H,3-10,12-16H2,1-2H3/t17-,19+,20+,21+,22-,23+,24-,26+,27+,28-,29-,30+,31-,32+,33+,34+/m1/s1. The van der Waals surface area contributed by atoms with Crippen molar-refractivity contribution < 1.29 is 64.2 Å². The van der Waals surface area contributed by atoms with Crippen LogP contribution in [0, 0.1) is 28.6 Å². The van der Waals surface area contributed by atoms with Crippen LogP contribution in [-0.4, -0.2) is 128 Å². The SMILES string of the molecule is C[C@H]1O[C@@H](O[C@H]2CC[C@]3(CO)[C@H]4CC[C@]5(C)[C@H](C6=CC(=O)OC6)CC[C@]5(O)[C@@H]4CC[C@]3(O)C2)C[C@H](O)[C@@H]1O[C@@H]1OC[C@@H](O)[C@H](O)[C@H]1O. The maximum Gasteiger partial charge on any atom is 0.331 e. The Labute approximate surface area is 274 Å². The number of carbonyl (C=O) groups excluding carboxylic acids is 1. The van der Waals surface area contributed by atoms with E-state index >= 15 is 0 Å². The molecule has 0 amide bonds. The molecule has 6 fully saturated rings. The maximum absolute atomic E-state index is 12.5. The van der Waals surface area contributed by atoms with Gasteiger partial charge in [0.1, 0.15) is 31.0 Å². The van der Waals surface area contributed by atoms with Crippen LogP contribution in [0.3, 0.4) is 0 Å². The summed E-state index contributed by atoms with van der Waals surface area (Å²) < 4.78 is 28.8. The number of cyclic esters (lactones) is 1. The third-order valence-electron chi connectivity index (χ3n) is 13.8. The molecule has 4 saturated carbocycles. The molecular formula is C34H52O13. The summed E-state index contributed by atoms with van der Waals surface area (Å²) in [4.78, 5) is 11.9. The maximum atomic E-state index is 12.5. The number of esters is 1. The predicted molar refractivity (Wildman–Crippen MR) is 161 cm³/mol. The zero-order chi connectivity index (χ0) is 33.5. The van der Waals surface area contributed by atoms with Crippen molar-refractivity contribution in [2.24, 2.45) is 28.6 Å². The molecule has 7 N–H and O–H groups in total. The summed E-state index contributed by atoms with van der Waals surface area (Å²) in [7, 11) is 0. The van der Waals surface area contributed by atoms with E-state index in [-0.39, 0.29) is 56.1 Å². The van der Waals surface area contributed by atoms with Crippen LogP contribution in [0.15, 0.2) is 11.6 Å².